The number of amides is 2. The van der Waals surface area contributed by atoms with Gasteiger partial charge in [0.2, 0.25) is 17.7 Å². The molecule has 2 aliphatic heterocycles. The number of benzene rings is 1. The first-order chi connectivity index (χ1) is 16.7. The molecule has 8 nitrogen and oxygen atoms in total. The lowest BCUT2D eigenvalue weighted by atomic mass is 9.76. The minimum absolute atomic E-state index is 0.0380. The SMILES string of the molecule is Cc1cc(C)cc(C(=O)N2CCC3(CC2)CC(c2nnc(C(C)C)o2)N(CC(=O)NC2CC2)C3)c1. The molecule has 2 saturated heterocycles. The van der Waals surface area contributed by atoms with Crippen LogP contribution < -0.4 is 5.32 Å². The Balaban J connectivity index is 1.29. The zero-order valence-corrected chi connectivity index (χ0v) is 21.3. The monoisotopic (exact) mass is 479 g/mol. The van der Waals surface area contributed by atoms with Crippen LogP contribution in [0.2, 0.25) is 0 Å². The quantitative estimate of drug-likeness (QED) is 0.678. The zero-order valence-electron chi connectivity index (χ0n) is 21.3. The molecule has 0 radical (unpaired) electrons. The smallest absolute Gasteiger partial charge is 0.253 e. The van der Waals surface area contributed by atoms with Crippen molar-refractivity contribution in [1.82, 2.24) is 25.3 Å². The predicted molar refractivity (Wildman–Crippen MR) is 132 cm³/mol. The molecule has 1 aromatic carbocycles. The molecule has 1 atom stereocenters. The Hall–Kier alpha value is -2.74. The van der Waals surface area contributed by atoms with Crippen LogP contribution in [0.25, 0.3) is 0 Å². The largest absolute Gasteiger partial charge is 0.423 e. The van der Waals surface area contributed by atoms with Gasteiger partial charge in [-0.05, 0) is 63.5 Å². The molecule has 1 aromatic heterocycles. The molecule has 188 valence electrons. The van der Waals surface area contributed by atoms with E-state index in [4.69, 9.17) is 4.42 Å². The maximum Gasteiger partial charge on any atom is 0.253 e. The van der Waals surface area contributed by atoms with Crippen LogP contribution in [0.4, 0.5) is 0 Å². The molecule has 5 rings (SSSR count). The summed E-state index contributed by atoms with van der Waals surface area (Å²) in [6.45, 7) is 10.7. The van der Waals surface area contributed by atoms with Gasteiger partial charge in [-0.15, -0.1) is 10.2 Å². The van der Waals surface area contributed by atoms with Gasteiger partial charge < -0.3 is 14.6 Å². The van der Waals surface area contributed by atoms with Gasteiger partial charge in [0.15, 0.2) is 0 Å². The molecule has 3 aliphatic rings. The van der Waals surface area contributed by atoms with Crippen LogP contribution in [0.15, 0.2) is 22.6 Å². The molecule has 1 N–H and O–H groups in total. The van der Waals surface area contributed by atoms with Crippen molar-refractivity contribution in [2.45, 2.75) is 77.8 Å². The van der Waals surface area contributed by atoms with Crippen molar-refractivity contribution in [1.29, 1.82) is 0 Å². The number of aryl methyl sites for hydroxylation is 2. The van der Waals surface area contributed by atoms with Crippen molar-refractivity contribution in [2.75, 3.05) is 26.2 Å². The third-order valence-electron chi connectivity index (χ3n) is 7.71. The van der Waals surface area contributed by atoms with Gasteiger partial charge in [-0.1, -0.05) is 31.0 Å². The van der Waals surface area contributed by atoms with E-state index in [-0.39, 0.29) is 29.2 Å². The van der Waals surface area contributed by atoms with E-state index >= 15 is 0 Å². The van der Waals surface area contributed by atoms with Gasteiger partial charge in [-0.25, -0.2) is 0 Å². The number of aromatic nitrogens is 2. The highest BCUT2D eigenvalue weighted by atomic mass is 16.4. The topological polar surface area (TPSA) is 91.6 Å². The molecule has 3 heterocycles. The summed E-state index contributed by atoms with van der Waals surface area (Å²) in [6.07, 6.45) is 4.84. The highest BCUT2D eigenvalue weighted by molar-refractivity contribution is 5.94. The van der Waals surface area contributed by atoms with E-state index in [2.05, 4.69) is 26.5 Å². The van der Waals surface area contributed by atoms with Crippen LogP contribution in [0, 0.1) is 19.3 Å². The number of hydrogen-bond acceptors (Lipinski definition) is 6. The number of hydrogen-bond donors (Lipinski definition) is 1. The number of carbonyl (C=O) groups is 2. The Morgan fingerprint density at radius 1 is 1.11 bits per heavy atom. The van der Waals surface area contributed by atoms with Crippen LogP contribution in [0.1, 0.15) is 91.2 Å². The molecule has 35 heavy (non-hydrogen) atoms. The van der Waals surface area contributed by atoms with E-state index in [9.17, 15) is 9.59 Å². The van der Waals surface area contributed by atoms with Crippen LogP contribution in [0.5, 0.6) is 0 Å². The fraction of sp³-hybridized carbons (Fsp3) is 0.630. The summed E-state index contributed by atoms with van der Waals surface area (Å²) in [4.78, 5) is 30.1. The summed E-state index contributed by atoms with van der Waals surface area (Å²) in [7, 11) is 0. The fourth-order valence-corrected chi connectivity index (χ4v) is 5.68. The molecule has 3 fully saturated rings. The van der Waals surface area contributed by atoms with Crippen molar-refractivity contribution in [3.8, 4) is 0 Å². The van der Waals surface area contributed by atoms with E-state index in [0.717, 1.165) is 68.4 Å². The Labute approximate surface area is 207 Å². The Bertz CT molecular complexity index is 1080. The summed E-state index contributed by atoms with van der Waals surface area (Å²) in [5, 5.41) is 11.7. The Morgan fingerprint density at radius 2 is 1.80 bits per heavy atom. The summed E-state index contributed by atoms with van der Waals surface area (Å²) < 4.78 is 6.05. The van der Waals surface area contributed by atoms with Gasteiger partial charge in [-0.2, -0.15) is 0 Å². The molecule has 1 aliphatic carbocycles. The number of nitrogens with one attached hydrogen (secondary N) is 1. The number of piperidine rings is 1. The molecular weight excluding hydrogens is 442 g/mol. The third-order valence-corrected chi connectivity index (χ3v) is 7.71. The Morgan fingerprint density at radius 3 is 2.40 bits per heavy atom. The van der Waals surface area contributed by atoms with E-state index in [1.54, 1.807) is 0 Å². The fourth-order valence-electron chi connectivity index (χ4n) is 5.68. The molecule has 0 bridgehead atoms. The Kier molecular flexibility index (Phi) is 6.42. The molecule has 1 unspecified atom stereocenters. The lowest BCUT2D eigenvalue weighted by molar-refractivity contribution is -0.122. The average Bonchev–Trinajstić information content (AvgIpc) is 3.35. The highest BCUT2D eigenvalue weighted by Gasteiger charge is 2.49. The van der Waals surface area contributed by atoms with Gasteiger partial charge in [-0.3, -0.25) is 14.5 Å². The van der Waals surface area contributed by atoms with E-state index in [1.165, 1.54) is 0 Å². The lowest BCUT2D eigenvalue weighted by Gasteiger charge is -2.39. The van der Waals surface area contributed by atoms with Crippen LogP contribution in [0.3, 0.4) is 0 Å². The number of carbonyl (C=O) groups excluding carboxylic acids is 2. The summed E-state index contributed by atoms with van der Waals surface area (Å²) >= 11 is 0. The van der Waals surface area contributed by atoms with Gasteiger partial charge in [0, 0.05) is 37.2 Å². The second kappa shape index (κ2) is 9.37. The lowest BCUT2D eigenvalue weighted by Crippen LogP contribution is -2.45. The van der Waals surface area contributed by atoms with Crippen molar-refractivity contribution >= 4 is 11.8 Å². The summed E-state index contributed by atoms with van der Waals surface area (Å²) in [5.74, 6) is 1.59. The maximum absolute atomic E-state index is 13.2. The van der Waals surface area contributed by atoms with Gasteiger partial charge in [0.25, 0.3) is 5.91 Å². The van der Waals surface area contributed by atoms with Crippen molar-refractivity contribution in [3.63, 3.8) is 0 Å². The zero-order chi connectivity index (χ0) is 24.7. The van der Waals surface area contributed by atoms with E-state index in [0.29, 0.717) is 24.4 Å². The molecule has 1 spiro atoms. The van der Waals surface area contributed by atoms with Gasteiger partial charge in [0.1, 0.15) is 0 Å². The van der Waals surface area contributed by atoms with Crippen molar-refractivity contribution in [2.24, 2.45) is 5.41 Å². The first-order valence-corrected chi connectivity index (χ1v) is 13.0. The molecule has 8 heteroatoms. The third kappa shape index (κ3) is 5.27. The van der Waals surface area contributed by atoms with Gasteiger partial charge >= 0.3 is 0 Å². The molecule has 1 saturated carbocycles. The first-order valence-electron chi connectivity index (χ1n) is 13.0. The van der Waals surface area contributed by atoms with E-state index in [1.807, 2.05) is 44.7 Å². The minimum Gasteiger partial charge on any atom is -0.423 e. The predicted octanol–water partition coefficient (Wildman–Crippen LogP) is 3.76. The maximum atomic E-state index is 13.2. The highest BCUT2D eigenvalue weighted by Crippen LogP contribution is 2.49. The first kappa shape index (κ1) is 24.0. The average molecular weight is 480 g/mol. The number of rotatable bonds is 6. The standard InChI is InChI=1S/C27H37N5O3/c1-17(2)24-29-30-25(35-24)22-14-27(16-32(22)15-23(33)28-21-5-6-21)7-9-31(10-8-27)26(34)20-12-18(3)11-19(4)13-20/h11-13,17,21-22H,5-10,14-16H2,1-4H3,(H,28,33). The summed E-state index contributed by atoms with van der Waals surface area (Å²) in [5.41, 5.74) is 3.03. The number of nitrogens with zero attached hydrogens (tertiary/aromatic N) is 4. The summed E-state index contributed by atoms with van der Waals surface area (Å²) in [6, 6.07) is 6.33. The second-order valence-corrected chi connectivity index (χ2v) is 11.3. The van der Waals surface area contributed by atoms with Crippen LogP contribution in [-0.2, 0) is 4.79 Å². The normalized spacial score (nSPS) is 22.2. The van der Waals surface area contributed by atoms with E-state index < -0.39 is 0 Å². The molecule has 2 aromatic rings. The van der Waals surface area contributed by atoms with Gasteiger partial charge in [0.05, 0.1) is 12.6 Å². The molecular formula is C27H37N5O3. The van der Waals surface area contributed by atoms with Crippen molar-refractivity contribution in [3.05, 3.63) is 46.7 Å². The van der Waals surface area contributed by atoms with Crippen molar-refractivity contribution < 1.29 is 14.0 Å². The molecule has 2 amide bonds. The van der Waals surface area contributed by atoms with Crippen LogP contribution >= 0.6 is 0 Å². The number of likely N-dealkylation sites (tertiary alicyclic amines) is 2. The minimum atomic E-state index is -0.0679. The second-order valence-electron chi connectivity index (χ2n) is 11.3. The van der Waals surface area contributed by atoms with Crippen LogP contribution in [-0.4, -0.2) is 64.0 Å².